The average Bonchev–Trinajstić information content (AvgIpc) is 3.31. The summed E-state index contributed by atoms with van der Waals surface area (Å²) in [6, 6.07) is 18.0. The Labute approximate surface area is 160 Å². The largest absolute Gasteiger partial charge is 0.348 e. The van der Waals surface area contributed by atoms with E-state index in [0.29, 0.717) is 12.0 Å². The zero-order valence-electron chi connectivity index (χ0n) is 15.4. The van der Waals surface area contributed by atoms with Crippen molar-refractivity contribution in [2.45, 2.75) is 31.8 Å². The third-order valence-corrected chi connectivity index (χ3v) is 5.37. The third kappa shape index (κ3) is 4.19. The van der Waals surface area contributed by atoms with Crippen molar-refractivity contribution in [2.75, 3.05) is 24.5 Å². The molecule has 0 aromatic heterocycles. The maximum atomic E-state index is 12.6. The number of amides is 2. The summed E-state index contributed by atoms with van der Waals surface area (Å²) in [5.41, 5.74) is 2.83. The van der Waals surface area contributed by atoms with Crippen LogP contribution in [-0.2, 0) is 11.3 Å². The molecule has 5 nitrogen and oxygen atoms in total. The molecule has 0 aliphatic carbocycles. The highest BCUT2D eigenvalue weighted by atomic mass is 16.2. The number of carbonyl (C=O) groups is 2. The van der Waals surface area contributed by atoms with E-state index in [-0.39, 0.29) is 17.9 Å². The van der Waals surface area contributed by atoms with Gasteiger partial charge in [0.25, 0.3) is 5.91 Å². The molecule has 0 saturated carbocycles. The Kier molecular flexibility index (Phi) is 5.21. The topological polar surface area (TPSA) is 52.7 Å². The summed E-state index contributed by atoms with van der Waals surface area (Å²) in [6.07, 6.45) is 2.49. The number of carbonyl (C=O) groups excluding carboxylic acids is 2. The van der Waals surface area contributed by atoms with Crippen LogP contribution in [0.15, 0.2) is 54.6 Å². The first kappa shape index (κ1) is 17.7. The fourth-order valence-electron chi connectivity index (χ4n) is 3.92. The Morgan fingerprint density at radius 2 is 1.81 bits per heavy atom. The first-order chi connectivity index (χ1) is 13.2. The van der Waals surface area contributed by atoms with Crippen molar-refractivity contribution < 1.29 is 9.59 Å². The van der Waals surface area contributed by atoms with Gasteiger partial charge in [-0.15, -0.1) is 0 Å². The molecule has 2 heterocycles. The normalized spacial score (nSPS) is 20.2. The number of hydrogen-bond donors (Lipinski definition) is 1. The minimum Gasteiger partial charge on any atom is -0.348 e. The molecule has 2 aromatic carbocycles. The van der Waals surface area contributed by atoms with E-state index in [1.54, 1.807) is 4.90 Å². The number of benzene rings is 2. The summed E-state index contributed by atoms with van der Waals surface area (Å²) in [6.45, 7) is 3.56. The third-order valence-electron chi connectivity index (χ3n) is 5.37. The van der Waals surface area contributed by atoms with E-state index in [9.17, 15) is 9.59 Å². The second-order valence-corrected chi connectivity index (χ2v) is 7.38. The van der Waals surface area contributed by atoms with Gasteiger partial charge in [-0.2, -0.15) is 0 Å². The van der Waals surface area contributed by atoms with Crippen LogP contribution in [0.1, 0.15) is 35.2 Å². The molecule has 2 amide bonds. The lowest BCUT2D eigenvalue weighted by Gasteiger charge is -2.18. The van der Waals surface area contributed by atoms with Crippen LogP contribution in [0.4, 0.5) is 5.69 Å². The van der Waals surface area contributed by atoms with E-state index in [1.807, 2.05) is 30.3 Å². The van der Waals surface area contributed by atoms with Gasteiger partial charge in [-0.3, -0.25) is 14.5 Å². The molecule has 1 N–H and O–H groups in total. The van der Waals surface area contributed by atoms with Crippen LogP contribution >= 0.6 is 0 Å². The lowest BCUT2D eigenvalue weighted by Crippen LogP contribution is -2.37. The van der Waals surface area contributed by atoms with Crippen molar-refractivity contribution in [3.05, 3.63) is 65.7 Å². The zero-order valence-corrected chi connectivity index (χ0v) is 15.4. The van der Waals surface area contributed by atoms with E-state index in [1.165, 1.54) is 5.56 Å². The van der Waals surface area contributed by atoms with Crippen LogP contribution in [0, 0.1) is 0 Å². The Balaban J connectivity index is 1.31. The summed E-state index contributed by atoms with van der Waals surface area (Å²) in [7, 11) is 0. The number of likely N-dealkylation sites (tertiary alicyclic amines) is 1. The predicted molar refractivity (Wildman–Crippen MR) is 106 cm³/mol. The molecule has 0 spiro atoms. The molecule has 4 rings (SSSR count). The molecule has 27 heavy (non-hydrogen) atoms. The van der Waals surface area contributed by atoms with Crippen LogP contribution in [0.3, 0.4) is 0 Å². The fourth-order valence-corrected chi connectivity index (χ4v) is 3.92. The molecule has 140 valence electrons. The number of hydrogen-bond acceptors (Lipinski definition) is 3. The summed E-state index contributed by atoms with van der Waals surface area (Å²) < 4.78 is 0. The standard InChI is InChI=1S/C22H25N3O2/c26-21-7-4-13-25(21)20-10-8-18(9-11-20)22(27)23-19-12-14-24(16-19)15-17-5-2-1-3-6-17/h1-3,5-6,8-11,19H,4,7,12-16H2,(H,23,27). The van der Waals surface area contributed by atoms with Gasteiger partial charge in [0.2, 0.25) is 5.91 Å². The summed E-state index contributed by atoms with van der Waals surface area (Å²) >= 11 is 0. The van der Waals surface area contributed by atoms with Crippen LogP contribution in [0.5, 0.6) is 0 Å². The molecule has 1 atom stereocenters. The minimum absolute atomic E-state index is 0.0409. The van der Waals surface area contributed by atoms with E-state index in [2.05, 4.69) is 34.5 Å². The quantitative estimate of drug-likeness (QED) is 0.889. The summed E-state index contributed by atoms with van der Waals surface area (Å²) in [5.74, 6) is 0.123. The van der Waals surface area contributed by atoms with E-state index in [0.717, 1.165) is 44.7 Å². The van der Waals surface area contributed by atoms with Gasteiger partial charge in [-0.25, -0.2) is 0 Å². The van der Waals surface area contributed by atoms with Gasteiger partial charge < -0.3 is 10.2 Å². The highest BCUT2D eigenvalue weighted by molar-refractivity contribution is 5.97. The molecule has 2 aliphatic rings. The van der Waals surface area contributed by atoms with Crippen molar-refractivity contribution in [3.8, 4) is 0 Å². The molecular weight excluding hydrogens is 338 g/mol. The first-order valence-corrected chi connectivity index (χ1v) is 9.66. The molecular formula is C22H25N3O2. The monoisotopic (exact) mass is 363 g/mol. The molecule has 0 radical (unpaired) electrons. The number of nitrogens with zero attached hydrogens (tertiary/aromatic N) is 2. The van der Waals surface area contributed by atoms with E-state index >= 15 is 0 Å². The maximum absolute atomic E-state index is 12.6. The number of rotatable bonds is 5. The van der Waals surface area contributed by atoms with Gasteiger partial charge in [-0.05, 0) is 42.7 Å². The molecule has 5 heteroatoms. The van der Waals surface area contributed by atoms with Gasteiger partial charge in [0, 0.05) is 49.9 Å². The Morgan fingerprint density at radius 3 is 2.52 bits per heavy atom. The minimum atomic E-state index is -0.0409. The van der Waals surface area contributed by atoms with Gasteiger partial charge >= 0.3 is 0 Å². The van der Waals surface area contributed by atoms with Crippen LogP contribution in [0.25, 0.3) is 0 Å². The van der Waals surface area contributed by atoms with Crippen LogP contribution < -0.4 is 10.2 Å². The summed E-state index contributed by atoms with van der Waals surface area (Å²) in [5, 5.41) is 3.15. The van der Waals surface area contributed by atoms with Gasteiger partial charge in [-0.1, -0.05) is 30.3 Å². The highest BCUT2D eigenvalue weighted by Gasteiger charge is 2.25. The van der Waals surface area contributed by atoms with Crippen molar-refractivity contribution >= 4 is 17.5 Å². The Hall–Kier alpha value is -2.66. The highest BCUT2D eigenvalue weighted by Crippen LogP contribution is 2.22. The number of nitrogens with one attached hydrogen (secondary N) is 1. The second-order valence-electron chi connectivity index (χ2n) is 7.38. The molecule has 2 aromatic rings. The van der Waals surface area contributed by atoms with Crippen LogP contribution in [0.2, 0.25) is 0 Å². The second kappa shape index (κ2) is 7.92. The molecule has 2 fully saturated rings. The SMILES string of the molecule is O=C(NC1CCN(Cc2ccccc2)C1)c1ccc(N2CCCC2=O)cc1. The van der Waals surface area contributed by atoms with Gasteiger partial charge in [0.05, 0.1) is 0 Å². The fraction of sp³-hybridized carbons (Fsp3) is 0.364. The van der Waals surface area contributed by atoms with E-state index < -0.39 is 0 Å². The lowest BCUT2D eigenvalue weighted by molar-refractivity contribution is -0.117. The maximum Gasteiger partial charge on any atom is 0.251 e. The Bertz CT molecular complexity index is 804. The summed E-state index contributed by atoms with van der Waals surface area (Å²) in [4.78, 5) is 28.5. The lowest BCUT2D eigenvalue weighted by atomic mass is 10.1. The van der Waals surface area contributed by atoms with Crippen LogP contribution in [-0.4, -0.2) is 42.4 Å². The van der Waals surface area contributed by atoms with Crippen molar-refractivity contribution in [3.63, 3.8) is 0 Å². The van der Waals surface area contributed by atoms with Gasteiger partial charge in [0.15, 0.2) is 0 Å². The van der Waals surface area contributed by atoms with Crippen molar-refractivity contribution in [2.24, 2.45) is 0 Å². The molecule has 2 saturated heterocycles. The van der Waals surface area contributed by atoms with Crippen molar-refractivity contribution in [1.82, 2.24) is 10.2 Å². The smallest absolute Gasteiger partial charge is 0.251 e. The molecule has 1 unspecified atom stereocenters. The Morgan fingerprint density at radius 1 is 1.04 bits per heavy atom. The predicted octanol–water partition coefficient (Wildman–Crippen LogP) is 2.82. The first-order valence-electron chi connectivity index (χ1n) is 9.66. The van der Waals surface area contributed by atoms with Gasteiger partial charge in [0.1, 0.15) is 0 Å². The number of anilines is 1. The van der Waals surface area contributed by atoms with Crippen molar-refractivity contribution in [1.29, 1.82) is 0 Å². The molecule has 2 aliphatic heterocycles. The van der Waals surface area contributed by atoms with E-state index in [4.69, 9.17) is 0 Å². The zero-order chi connectivity index (χ0) is 18.6. The molecule has 0 bridgehead atoms. The average molecular weight is 363 g/mol.